The molecule has 0 N–H and O–H groups in total. The van der Waals surface area contributed by atoms with Crippen LogP contribution in [0.5, 0.6) is 0 Å². The average Bonchev–Trinajstić information content (AvgIpc) is 2.30. The first-order chi connectivity index (χ1) is 7.34. The van der Waals surface area contributed by atoms with Crippen LogP contribution in [0.2, 0.25) is 0 Å². The van der Waals surface area contributed by atoms with Crippen LogP contribution in [0.25, 0.3) is 0 Å². The molecule has 2 aromatic carbocycles. The van der Waals surface area contributed by atoms with Crippen molar-refractivity contribution in [3.8, 4) is 0 Å². The summed E-state index contributed by atoms with van der Waals surface area (Å²) in [5.74, 6) is -0.168. The highest BCUT2D eigenvalue weighted by Crippen LogP contribution is 2.02. The summed E-state index contributed by atoms with van der Waals surface area (Å²) in [5.41, 5.74) is 2.50. The lowest BCUT2D eigenvalue weighted by Crippen LogP contribution is -2.15. The summed E-state index contributed by atoms with van der Waals surface area (Å²) in [7, 11) is 1.01. The summed E-state index contributed by atoms with van der Waals surface area (Å²) >= 11 is 0. The summed E-state index contributed by atoms with van der Waals surface area (Å²) in [6.07, 6.45) is 0.963. The molecule has 0 bridgehead atoms. The van der Waals surface area contributed by atoms with Gasteiger partial charge < -0.3 is 0 Å². The van der Waals surface area contributed by atoms with Crippen molar-refractivity contribution in [1.82, 2.24) is 0 Å². The first-order valence-corrected chi connectivity index (χ1v) is 5.13. The second kappa shape index (κ2) is 4.78. The molecule has 74 valence electrons. The Labute approximate surface area is 90.0 Å². The van der Waals surface area contributed by atoms with Gasteiger partial charge in [0.25, 0.3) is 0 Å². The molecule has 0 atom stereocenters. The van der Waals surface area contributed by atoms with E-state index in [-0.39, 0.29) is 5.82 Å². The molecule has 0 saturated carbocycles. The smallest absolute Gasteiger partial charge is 0.162 e. The molecule has 0 fully saturated rings. The molecule has 0 aliphatic rings. The third-order valence-corrected chi connectivity index (χ3v) is 2.46. The molecule has 0 unspecified atom stereocenters. The van der Waals surface area contributed by atoms with Crippen molar-refractivity contribution in [2.24, 2.45) is 0 Å². The highest BCUT2D eigenvalue weighted by Gasteiger charge is 1.97. The molecule has 0 spiro atoms. The number of benzene rings is 2. The highest BCUT2D eigenvalue weighted by molar-refractivity contribution is 6.52. The average molecular weight is 198 g/mol. The van der Waals surface area contributed by atoms with Gasteiger partial charge in [0.1, 0.15) is 5.82 Å². The lowest BCUT2D eigenvalue weighted by Gasteiger charge is -2.00. The largest absolute Gasteiger partial charge is 0.207 e. The van der Waals surface area contributed by atoms with Crippen LogP contribution >= 0.6 is 0 Å². The third-order valence-electron chi connectivity index (χ3n) is 2.46. The maximum atomic E-state index is 12.6. The zero-order valence-electron chi connectivity index (χ0n) is 8.49. The summed E-state index contributed by atoms with van der Waals surface area (Å²) in [6, 6.07) is 17.0. The van der Waals surface area contributed by atoms with E-state index in [1.54, 1.807) is 0 Å². The molecule has 15 heavy (non-hydrogen) atoms. The van der Waals surface area contributed by atoms with Crippen LogP contribution in [0.1, 0.15) is 5.56 Å². The number of hydrogen-bond acceptors (Lipinski definition) is 0. The molecule has 0 saturated heterocycles. The van der Waals surface area contributed by atoms with Crippen LogP contribution < -0.4 is 5.46 Å². The van der Waals surface area contributed by atoms with Crippen molar-refractivity contribution in [3.63, 3.8) is 0 Å². The van der Waals surface area contributed by atoms with Crippen molar-refractivity contribution in [1.29, 1.82) is 0 Å². The van der Waals surface area contributed by atoms with Crippen molar-refractivity contribution < 1.29 is 4.39 Å². The van der Waals surface area contributed by atoms with E-state index in [0.29, 0.717) is 0 Å². The molecular weight excluding hydrogens is 186 g/mol. The van der Waals surface area contributed by atoms with Gasteiger partial charge in [0.2, 0.25) is 0 Å². The summed E-state index contributed by atoms with van der Waals surface area (Å²) < 4.78 is 12.6. The predicted octanol–water partition coefficient (Wildman–Crippen LogP) is 2.09. The molecule has 0 aliphatic carbocycles. The lowest BCUT2D eigenvalue weighted by molar-refractivity contribution is 0.627. The number of halogens is 1. The standard InChI is InChI=1S/C13H12BF/c15-13-8-6-11(7-9-13)10-14-12-4-2-1-3-5-12/h1-9,14H,10H2. The minimum absolute atomic E-state index is 0.168. The van der Waals surface area contributed by atoms with E-state index in [1.807, 2.05) is 30.3 Å². The van der Waals surface area contributed by atoms with Gasteiger partial charge in [-0.15, -0.1) is 0 Å². The Balaban J connectivity index is 1.96. The highest BCUT2D eigenvalue weighted by atomic mass is 19.1. The molecular formula is C13H12BF. The number of rotatable bonds is 3. The van der Waals surface area contributed by atoms with Gasteiger partial charge in [-0.1, -0.05) is 53.5 Å². The zero-order valence-corrected chi connectivity index (χ0v) is 8.49. The minimum Gasteiger partial charge on any atom is -0.207 e. The predicted molar refractivity (Wildman–Crippen MR) is 63.3 cm³/mol. The Hall–Kier alpha value is -1.57. The SMILES string of the molecule is Fc1ccc(CBc2ccccc2)cc1. The van der Waals surface area contributed by atoms with E-state index in [2.05, 4.69) is 12.1 Å². The Morgan fingerprint density at radius 1 is 0.867 bits per heavy atom. The third kappa shape index (κ3) is 2.95. The Morgan fingerprint density at radius 2 is 1.53 bits per heavy atom. The molecule has 0 amide bonds. The number of hydrogen-bond donors (Lipinski definition) is 0. The van der Waals surface area contributed by atoms with Gasteiger partial charge >= 0.3 is 0 Å². The van der Waals surface area contributed by atoms with Crippen molar-refractivity contribution in [3.05, 3.63) is 66.0 Å². The Bertz CT molecular complexity index is 408. The van der Waals surface area contributed by atoms with Gasteiger partial charge in [-0.25, -0.2) is 4.39 Å². The van der Waals surface area contributed by atoms with Crippen LogP contribution in [0.4, 0.5) is 4.39 Å². The van der Waals surface area contributed by atoms with E-state index >= 15 is 0 Å². The Kier molecular flexibility index (Phi) is 3.18. The van der Waals surface area contributed by atoms with E-state index < -0.39 is 0 Å². The van der Waals surface area contributed by atoms with Crippen molar-refractivity contribution in [2.75, 3.05) is 0 Å². The molecule has 2 heteroatoms. The van der Waals surface area contributed by atoms with Gasteiger partial charge in [0.15, 0.2) is 7.28 Å². The van der Waals surface area contributed by atoms with E-state index in [0.717, 1.165) is 13.6 Å². The topological polar surface area (TPSA) is 0 Å². The first kappa shape index (κ1) is 9.97. The summed E-state index contributed by atoms with van der Waals surface area (Å²) in [4.78, 5) is 0. The molecule has 2 rings (SSSR count). The fraction of sp³-hybridized carbons (Fsp3) is 0.0769. The lowest BCUT2D eigenvalue weighted by atomic mass is 9.65. The first-order valence-electron chi connectivity index (χ1n) is 5.13. The molecule has 2 aromatic rings. The van der Waals surface area contributed by atoms with Crippen LogP contribution in [0.15, 0.2) is 54.6 Å². The van der Waals surface area contributed by atoms with Gasteiger partial charge in [0.05, 0.1) is 0 Å². The maximum Gasteiger partial charge on any atom is 0.162 e. The van der Waals surface area contributed by atoms with Crippen LogP contribution in [-0.2, 0) is 6.32 Å². The van der Waals surface area contributed by atoms with E-state index in [1.165, 1.54) is 23.2 Å². The van der Waals surface area contributed by atoms with E-state index in [4.69, 9.17) is 0 Å². The second-order valence-corrected chi connectivity index (χ2v) is 3.61. The molecule has 0 nitrogen and oxygen atoms in total. The summed E-state index contributed by atoms with van der Waals surface area (Å²) in [5, 5.41) is 0. The monoisotopic (exact) mass is 198 g/mol. The van der Waals surface area contributed by atoms with Crippen LogP contribution in [0.3, 0.4) is 0 Å². The van der Waals surface area contributed by atoms with Crippen molar-refractivity contribution in [2.45, 2.75) is 6.32 Å². The minimum atomic E-state index is -0.168. The second-order valence-electron chi connectivity index (χ2n) is 3.61. The van der Waals surface area contributed by atoms with Gasteiger partial charge in [-0.3, -0.25) is 0 Å². The maximum absolute atomic E-state index is 12.6. The zero-order chi connectivity index (χ0) is 10.5. The van der Waals surface area contributed by atoms with Gasteiger partial charge in [0, 0.05) is 0 Å². The van der Waals surface area contributed by atoms with Gasteiger partial charge in [-0.05, 0) is 18.5 Å². The van der Waals surface area contributed by atoms with Gasteiger partial charge in [-0.2, -0.15) is 0 Å². The Morgan fingerprint density at radius 3 is 2.20 bits per heavy atom. The quantitative estimate of drug-likeness (QED) is 0.662. The molecule has 0 aromatic heterocycles. The fourth-order valence-corrected chi connectivity index (χ4v) is 1.58. The molecule has 0 radical (unpaired) electrons. The van der Waals surface area contributed by atoms with Crippen LogP contribution in [-0.4, -0.2) is 7.28 Å². The normalized spacial score (nSPS) is 9.93. The molecule has 0 aliphatic heterocycles. The summed E-state index contributed by atoms with van der Waals surface area (Å²) in [6.45, 7) is 0. The van der Waals surface area contributed by atoms with E-state index in [9.17, 15) is 4.39 Å². The molecule has 0 heterocycles. The van der Waals surface area contributed by atoms with Crippen molar-refractivity contribution >= 4 is 12.7 Å². The fourth-order valence-electron chi connectivity index (χ4n) is 1.58. The van der Waals surface area contributed by atoms with Crippen LogP contribution in [0, 0.1) is 5.82 Å².